The fourth-order valence-corrected chi connectivity index (χ4v) is 2.63. The second-order valence-electron chi connectivity index (χ2n) is 4.13. The lowest BCUT2D eigenvalue weighted by atomic mass is 9.59. The summed E-state index contributed by atoms with van der Waals surface area (Å²) in [5.41, 5.74) is 0.748. The van der Waals surface area contributed by atoms with E-state index in [1.807, 2.05) is 0 Å². The Balaban J connectivity index is 1.90. The zero-order chi connectivity index (χ0) is 7.03. The van der Waals surface area contributed by atoms with Crippen LogP contribution < -0.4 is 0 Å². The fraction of sp³-hybridized carbons (Fsp3) is 1.00. The van der Waals surface area contributed by atoms with Crippen molar-refractivity contribution in [1.82, 2.24) is 0 Å². The molecule has 0 aromatic carbocycles. The molecule has 0 amide bonds. The van der Waals surface area contributed by atoms with E-state index in [-0.39, 0.29) is 0 Å². The third-order valence-electron chi connectivity index (χ3n) is 3.12. The van der Waals surface area contributed by atoms with Crippen LogP contribution in [0.3, 0.4) is 0 Å². The lowest BCUT2D eigenvalue weighted by Crippen LogP contribution is -2.40. The average molecular weight is 140 g/mol. The van der Waals surface area contributed by atoms with Gasteiger partial charge in [0.15, 0.2) is 0 Å². The van der Waals surface area contributed by atoms with Gasteiger partial charge in [0.2, 0.25) is 0 Å². The minimum absolute atomic E-state index is 0.748. The highest BCUT2D eigenvalue weighted by molar-refractivity contribution is 4.92. The van der Waals surface area contributed by atoms with Crippen molar-refractivity contribution < 1.29 is 4.74 Å². The van der Waals surface area contributed by atoms with Crippen molar-refractivity contribution in [3.63, 3.8) is 0 Å². The van der Waals surface area contributed by atoms with Crippen LogP contribution in [-0.2, 0) is 4.74 Å². The first-order valence-electron chi connectivity index (χ1n) is 4.39. The number of ether oxygens (including phenoxy) is 1. The Morgan fingerprint density at radius 2 is 1.80 bits per heavy atom. The van der Waals surface area contributed by atoms with Crippen molar-refractivity contribution >= 4 is 0 Å². The number of hydrogen-bond acceptors (Lipinski definition) is 1. The van der Waals surface area contributed by atoms with Gasteiger partial charge in [-0.15, -0.1) is 0 Å². The smallest absolute Gasteiger partial charge is 0.0471 e. The van der Waals surface area contributed by atoms with Gasteiger partial charge in [0.25, 0.3) is 0 Å². The third-order valence-corrected chi connectivity index (χ3v) is 3.12. The topological polar surface area (TPSA) is 9.23 Å². The Morgan fingerprint density at radius 3 is 2.30 bits per heavy atom. The van der Waals surface area contributed by atoms with E-state index in [0.717, 1.165) is 24.5 Å². The zero-order valence-electron chi connectivity index (χ0n) is 6.73. The van der Waals surface area contributed by atoms with Gasteiger partial charge in [-0.2, -0.15) is 0 Å². The predicted octanol–water partition coefficient (Wildman–Crippen LogP) is 2.21. The molecule has 2 fully saturated rings. The maximum atomic E-state index is 5.34. The molecule has 1 heterocycles. The molecule has 1 spiro atoms. The second kappa shape index (κ2) is 2.23. The predicted molar refractivity (Wildman–Crippen MR) is 40.9 cm³/mol. The first kappa shape index (κ1) is 6.66. The molecule has 0 atom stereocenters. The molecule has 2 rings (SSSR count). The molecule has 0 bridgehead atoms. The second-order valence-corrected chi connectivity index (χ2v) is 4.13. The summed E-state index contributed by atoms with van der Waals surface area (Å²) in [6.45, 7) is 4.40. The summed E-state index contributed by atoms with van der Waals surface area (Å²) >= 11 is 0. The molecule has 1 aliphatic heterocycles. The first-order chi connectivity index (χ1) is 4.81. The third kappa shape index (κ3) is 0.968. The van der Waals surface area contributed by atoms with Crippen molar-refractivity contribution in [3.8, 4) is 0 Å². The molecule has 1 saturated heterocycles. The van der Waals surface area contributed by atoms with Gasteiger partial charge < -0.3 is 4.74 Å². The van der Waals surface area contributed by atoms with Crippen LogP contribution in [0.2, 0.25) is 0 Å². The Hall–Kier alpha value is -0.0400. The molecule has 0 aromatic rings. The Labute approximate surface area is 62.8 Å². The van der Waals surface area contributed by atoms with E-state index in [1.54, 1.807) is 0 Å². The van der Waals surface area contributed by atoms with Gasteiger partial charge >= 0.3 is 0 Å². The van der Waals surface area contributed by atoms with E-state index in [2.05, 4.69) is 6.92 Å². The average Bonchev–Trinajstić information content (AvgIpc) is 1.87. The van der Waals surface area contributed by atoms with Gasteiger partial charge in [0.1, 0.15) is 0 Å². The molecule has 0 radical (unpaired) electrons. The maximum Gasteiger partial charge on any atom is 0.0471 e. The minimum Gasteiger partial charge on any atom is -0.381 e. The molecule has 0 N–H and O–H groups in total. The van der Waals surface area contributed by atoms with Crippen LogP contribution in [0.1, 0.15) is 32.6 Å². The number of hydrogen-bond donors (Lipinski definition) is 0. The molecule has 58 valence electrons. The first-order valence-corrected chi connectivity index (χ1v) is 4.39. The van der Waals surface area contributed by atoms with E-state index < -0.39 is 0 Å². The Bertz CT molecular complexity index is 109. The fourth-order valence-electron chi connectivity index (χ4n) is 2.63. The van der Waals surface area contributed by atoms with Crippen molar-refractivity contribution in [2.45, 2.75) is 32.6 Å². The van der Waals surface area contributed by atoms with Crippen LogP contribution in [0.25, 0.3) is 0 Å². The molecule has 1 nitrogen and oxygen atoms in total. The van der Waals surface area contributed by atoms with Crippen molar-refractivity contribution in [1.29, 1.82) is 0 Å². The Kier molecular flexibility index (Phi) is 1.48. The summed E-state index contributed by atoms with van der Waals surface area (Å²) in [7, 11) is 0. The Morgan fingerprint density at radius 1 is 1.20 bits per heavy atom. The van der Waals surface area contributed by atoms with Gasteiger partial charge in [-0.25, -0.2) is 0 Å². The molecule has 0 unspecified atom stereocenters. The largest absolute Gasteiger partial charge is 0.381 e. The number of rotatable bonds is 0. The lowest BCUT2D eigenvalue weighted by molar-refractivity contribution is -0.0539. The molecular formula is C9H16O. The summed E-state index contributed by atoms with van der Waals surface area (Å²) in [5.74, 6) is 0.998. The molecule has 1 heteroatoms. The van der Waals surface area contributed by atoms with Gasteiger partial charge in [-0.3, -0.25) is 0 Å². The SMILES string of the molecule is CC1CC2(CCOCC2)C1. The highest BCUT2D eigenvalue weighted by Gasteiger charge is 2.42. The molecular weight excluding hydrogens is 124 g/mol. The summed E-state index contributed by atoms with van der Waals surface area (Å²) in [6, 6.07) is 0. The summed E-state index contributed by atoms with van der Waals surface area (Å²) in [5, 5.41) is 0. The molecule has 2 aliphatic rings. The van der Waals surface area contributed by atoms with Gasteiger partial charge in [0, 0.05) is 13.2 Å². The minimum atomic E-state index is 0.748. The van der Waals surface area contributed by atoms with Gasteiger partial charge in [0.05, 0.1) is 0 Å². The summed E-state index contributed by atoms with van der Waals surface area (Å²) in [6.07, 6.45) is 5.60. The highest BCUT2D eigenvalue weighted by Crippen LogP contribution is 2.51. The van der Waals surface area contributed by atoms with Crippen LogP contribution in [-0.4, -0.2) is 13.2 Å². The standard InChI is InChI=1S/C9H16O/c1-8-6-9(7-8)2-4-10-5-3-9/h8H,2-7H2,1H3. The van der Waals surface area contributed by atoms with Crippen LogP contribution in [0, 0.1) is 11.3 Å². The molecule has 1 saturated carbocycles. The van der Waals surface area contributed by atoms with Gasteiger partial charge in [-0.1, -0.05) is 6.92 Å². The van der Waals surface area contributed by atoms with Crippen molar-refractivity contribution in [2.75, 3.05) is 13.2 Å². The highest BCUT2D eigenvalue weighted by atomic mass is 16.5. The van der Waals surface area contributed by atoms with Crippen LogP contribution in [0.5, 0.6) is 0 Å². The summed E-state index contributed by atoms with van der Waals surface area (Å²) < 4.78 is 5.34. The quantitative estimate of drug-likeness (QED) is 0.501. The lowest BCUT2D eigenvalue weighted by Gasteiger charge is -2.49. The normalized spacial score (nSPS) is 32.1. The van der Waals surface area contributed by atoms with Crippen molar-refractivity contribution in [3.05, 3.63) is 0 Å². The summed E-state index contributed by atoms with van der Waals surface area (Å²) in [4.78, 5) is 0. The van der Waals surface area contributed by atoms with E-state index in [9.17, 15) is 0 Å². The van der Waals surface area contributed by atoms with Crippen molar-refractivity contribution in [2.24, 2.45) is 11.3 Å². The van der Waals surface area contributed by atoms with E-state index >= 15 is 0 Å². The maximum absolute atomic E-state index is 5.34. The van der Waals surface area contributed by atoms with Gasteiger partial charge in [-0.05, 0) is 37.0 Å². The monoisotopic (exact) mass is 140 g/mol. The molecule has 0 aromatic heterocycles. The van der Waals surface area contributed by atoms with E-state index in [4.69, 9.17) is 4.74 Å². The molecule has 1 aliphatic carbocycles. The zero-order valence-corrected chi connectivity index (χ0v) is 6.73. The molecule has 10 heavy (non-hydrogen) atoms. The van der Waals surface area contributed by atoms with E-state index in [1.165, 1.54) is 25.7 Å². The van der Waals surface area contributed by atoms with E-state index in [0.29, 0.717) is 0 Å². The van der Waals surface area contributed by atoms with Crippen LogP contribution in [0.4, 0.5) is 0 Å². The van der Waals surface area contributed by atoms with Crippen LogP contribution >= 0.6 is 0 Å². The van der Waals surface area contributed by atoms with Crippen LogP contribution in [0.15, 0.2) is 0 Å².